The Morgan fingerprint density at radius 3 is 2.46 bits per heavy atom. The number of aliphatic hydroxyl groups is 1. The highest BCUT2D eigenvalue weighted by Crippen LogP contribution is 2.31. The van der Waals surface area contributed by atoms with Crippen LogP contribution in [0.25, 0.3) is 0 Å². The van der Waals surface area contributed by atoms with Gasteiger partial charge in [-0.3, -0.25) is 4.55 Å². The van der Waals surface area contributed by atoms with Gasteiger partial charge >= 0.3 is 0 Å². The molecule has 2 N–H and O–H groups in total. The molecule has 0 aromatic rings. The third kappa shape index (κ3) is 1.99. The lowest BCUT2D eigenvalue weighted by atomic mass is 9.87. The van der Waals surface area contributed by atoms with Crippen molar-refractivity contribution in [3.63, 3.8) is 0 Å². The van der Waals surface area contributed by atoms with E-state index in [-0.39, 0.29) is 4.91 Å². The van der Waals surface area contributed by atoms with E-state index in [1.807, 2.05) is 0 Å². The van der Waals surface area contributed by atoms with E-state index >= 15 is 0 Å². The summed E-state index contributed by atoms with van der Waals surface area (Å²) in [4.78, 5) is -0.153. The molecule has 0 aromatic heterocycles. The van der Waals surface area contributed by atoms with Gasteiger partial charge in [0.1, 0.15) is 0 Å². The lowest BCUT2D eigenvalue weighted by Gasteiger charge is -2.30. The molecule has 0 aliphatic heterocycles. The summed E-state index contributed by atoms with van der Waals surface area (Å²) < 4.78 is 30.5. The Morgan fingerprint density at radius 2 is 2.08 bits per heavy atom. The van der Waals surface area contributed by atoms with Gasteiger partial charge in [0.05, 0.1) is 10.5 Å². The predicted molar refractivity (Wildman–Crippen MR) is 48.6 cm³/mol. The van der Waals surface area contributed by atoms with Crippen LogP contribution in [0.1, 0.15) is 13.8 Å². The molecule has 0 aromatic carbocycles. The zero-order valence-electron chi connectivity index (χ0n) is 7.43. The van der Waals surface area contributed by atoms with Gasteiger partial charge in [0.25, 0.3) is 10.1 Å². The molecule has 2 unspecified atom stereocenters. The van der Waals surface area contributed by atoms with Gasteiger partial charge in [0.15, 0.2) is 0 Å². The molecular formula is C8H12O4S. The van der Waals surface area contributed by atoms with Gasteiger partial charge in [0.2, 0.25) is 0 Å². The number of hydrogen-bond donors (Lipinski definition) is 2. The molecule has 0 saturated carbocycles. The molecule has 0 bridgehead atoms. The predicted octanol–water partition coefficient (Wildman–Crippen LogP) is 0.715. The summed E-state index contributed by atoms with van der Waals surface area (Å²) in [5.41, 5.74) is -1.22. The van der Waals surface area contributed by atoms with E-state index in [1.54, 1.807) is 6.92 Å². The Balaban J connectivity index is 3.17. The zero-order valence-corrected chi connectivity index (χ0v) is 8.25. The Labute approximate surface area is 77.3 Å². The van der Waals surface area contributed by atoms with Crippen LogP contribution in [0, 0.1) is 5.92 Å². The summed E-state index contributed by atoms with van der Waals surface area (Å²) >= 11 is 0. The van der Waals surface area contributed by atoms with Crippen molar-refractivity contribution >= 4 is 10.1 Å². The maximum Gasteiger partial charge on any atom is 0.291 e. The molecule has 13 heavy (non-hydrogen) atoms. The van der Waals surface area contributed by atoms with Gasteiger partial charge in [-0.15, -0.1) is 0 Å². The smallest absolute Gasteiger partial charge is 0.291 e. The van der Waals surface area contributed by atoms with Crippen LogP contribution in [0.4, 0.5) is 0 Å². The number of allylic oxidation sites excluding steroid dienone is 2. The second-order valence-corrected chi connectivity index (χ2v) is 4.77. The average molecular weight is 204 g/mol. The Morgan fingerprint density at radius 1 is 1.54 bits per heavy atom. The quantitative estimate of drug-likeness (QED) is 0.617. The summed E-state index contributed by atoms with van der Waals surface area (Å²) in [5.74, 6) is -0.632. The molecule has 1 aliphatic carbocycles. The molecule has 4 nitrogen and oxygen atoms in total. The fraction of sp³-hybridized carbons (Fsp3) is 0.500. The van der Waals surface area contributed by atoms with Crippen LogP contribution in [0.3, 0.4) is 0 Å². The van der Waals surface area contributed by atoms with Crippen LogP contribution < -0.4 is 0 Å². The number of rotatable bonds is 1. The van der Waals surface area contributed by atoms with Gasteiger partial charge in [-0.2, -0.15) is 8.42 Å². The second kappa shape index (κ2) is 2.94. The van der Waals surface area contributed by atoms with E-state index in [0.29, 0.717) is 0 Å². The standard InChI is InChI=1S/C8H12O4S/c1-6-7(13(10,11)12)4-3-5-8(6,2)9/h3-6,9H,1-2H3,(H,10,11,12). The highest BCUT2D eigenvalue weighted by Gasteiger charge is 2.35. The van der Waals surface area contributed by atoms with Crippen molar-refractivity contribution in [3.05, 3.63) is 23.1 Å². The molecule has 0 radical (unpaired) electrons. The third-order valence-corrected chi connectivity index (χ3v) is 3.38. The molecule has 0 fully saturated rings. The number of hydrogen-bond acceptors (Lipinski definition) is 3. The zero-order chi connectivity index (χ0) is 10.3. The van der Waals surface area contributed by atoms with Crippen molar-refractivity contribution in [1.29, 1.82) is 0 Å². The lowest BCUT2D eigenvalue weighted by molar-refractivity contribution is 0.0705. The van der Waals surface area contributed by atoms with Gasteiger partial charge < -0.3 is 5.11 Å². The minimum Gasteiger partial charge on any atom is -0.385 e. The molecule has 2 atom stereocenters. The minimum atomic E-state index is -4.20. The van der Waals surface area contributed by atoms with Crippen molar-refractivity contribution in [2.24, 2.45) is 5.92 Å². The van der Waals surface area contributed by atoms with Crippen LogP contribution in [0.15, 0.2) is 23.1 Å². The third-order valence-electron chi connectivity index (χ3n) is 2.30. The van der Waals surface area contributed by atoms with Crippen molar-refractivity contribution in [3.8, 4) is 0 Å². The van der Waals surface area contributed by atoms with E-state index in [4.69, 9.17) is 4.55 Å². The van der Waals surface area contributed by atoms with Crippen molar-refractivity contribution in [2.45, 2.75) is 19.4 Å². The summed E-state index contributed by atoms with van der Waals surface area (Å²) in [7, 11) is -4.20. The van der Waals surface area contributed by atoms with Gasteiger partial charge in [0, 0.05) is 5.92 Å². The molecule has 1 aliphatic rings. The topological polar surface area (TPSA) is 74.6 Å². The van der Waals surface area contributed by atoms with E-state index in [9.17, 15) is 13.5 Å². The molecule has 5 heteroatoms. The van der Waals surface area contributed by atoms with Gasteiger partial charge in [-0.1, -0.05) is 19.1 Å². The molecule has 0 saturated heterocycles. The van der Waals surface area contributed by atoms with E-state index < -0.39 is 21.6 Å². The summed E-state index contributed by atoms with van der Waals surface area (Å²) in [5, 5.41) is 9.67. The normalized spacial score (nSPS) is 34.5. The molecule has 74 valence electrons. The van der Waals surface area contributed by atoms with E-state index in [2.05, 4.69) is 0 Å². The Hall–Kier alpha value is -0.650. The van der Waals surface area contributed by atoms with Crippen molar-refractivity contribution in [2.75, 3.05) is 0 Å². The summed E-state index contributed by atoms with van der Waals surface area (Å²) in [6, 6.07) is 0. The SMILES string of the molecule is CC1C(S(=O)(=O)O)=CC=CC1(C)O. The molecule has 0 amide bonds. The van der Waals surface area contributed by atoms with E-state index in [1.165, 1.54) is 25.2 Å². The molecule has 1 rings (SSSR count). The fourth-order valence-electron chi connectivity index (χ4n) is 1.22. The van der Waals surface area contributed by atoms with Crippen LogP contribution in [-0.2, 0) is 10.1 Å². The minimum absolute atomic E-state index is 0.153. The first-order valence-corrected chi connectivity index (χ1v) is 5.28. The first kappa shape index (κ1) is 10.4. The van der Waals surface area contributed by atoms with Crippen LogP contribution in [0.5, 0.6) is 0 Å². The first-order chi connectivity index (χ1) is 5.75. The average Bonchev–Trinajstić information content (AvgIpc) is 1.92. The maximum atomic E-state index is 10.8. The van der Waals surface area contributed by atoms with Crippen LogP contribution in [0.2, 0.25) is 0 Å². The Kier molecular flexibility index (Phi) is 2.36. The van der Waals surface area contributed by atoms with E-state index in [0.717, 1.165) is 0 Å². The highest BCUT2D eigenvalue weighted by molar-refractivity contribution is 7.89. The highest BCUT2D eigenvalue weighted by atomic mass is 32.2. The van der Waals surface area contributed by atoms with Crippen molar-refractivity contribution in [1.82, 2.24) is 0 Å². The second-order valence-electron chi connectivity index (χ2n) is 3.35. The summed E-state index contributed by atoms with van der Waals surface area (Å²) in [6.45, 7) is 3.04. The monoisotopic (exact) mass is 204 g/mol. The first-order valence-electron chi connectivity index (χ1n) is 3.84. The fourth-order valence-corrected chi connectivity index (χ4v) is 2.16. The largest absolute Gasteiger partial charge is 0.385 e. The maximum absolute atomic E-state index is 10.8. The lowest BCUT2D eigenvalue weighted by Crippen LogP contribution is -2.35. The summed E-state index contributed by atoms with van der Waals surface area (Å²) in [6.07, 6.45) is 4.20. The van der Waals surface area contributed by atoms with Crippen LogP contribution >= 0.6 is 0 Å². The van der Waals surface area contributed by atoms with Gasteiger partial charge in [-0.05, 0) is 13.0 Å². The molecular weight excluding hydrogens is 192 g/mol. The molecule has 0 heterocycles. The van der Waals surface area contributed by atoms with Crippen LogP contribution in [-0.4, -0.2) is 23.7 Å². The Bertz CT molecular complexity index is 362. The molecule has 0 spiro atoms. The van der Waals surface area contributed by atoms with Gasteiger partial charge in [-0.25, -0.2) is 0 Å². The van der Waals surface area contributed by atoms with Crippen molar-refractivity contribution < 1.29 is 18.1 Å².